The van der Waals surface area contributed by atoms with Gasteiger partial charge in [0.05, 0.1) is 6.10 Å². The summed E-state index contributed by atoms with van der Waals surface area (Å²) in [5.41, 5.74) is 0.0700. The van der Waals surface area contributed by atoms with E-state index in [0.29, 0.717) is 18.4 Å². The fourth-order valence-corrected chi connectivity index (χ4v) is 3.18. The monoisotopic (exact) mass is 268 g/mol. The first-order valence-corrected chi connectivity index (χ1v) is 7.65. The number of ether oxygens (including phenoxy) is 1. The first kappa shape index (κ1) is 14.8. The molecule has 0 spiro atoms. The fourth-order valence-electron chi connectivity index (χ4n) is 3.18. The van der Waals surface area contributed by atoms with Gasteiger partial charge in [-0.15, -0.1) is 0 Å². The van der Waals surface area contributed by atoms with Crippen LogP contribution in [0.25, 0.3) is 0 Å². The summed E-state index contributed by atoms with van der Waals surface area (Å²) in [5.74, 6) is 0.899. The van der Waals surface area contributed by atoms with Gasteiger partial charge in [-0.25, -0.2) is 0 Å². The lowest BCUT2D eigenvalue weighted by Crippen LogP contribution is -2.62. The summed E-state index contributed by atoms with van der Waals surface area (Å²) in [6.45, 7) is 9.33. The van der Waals surface area contributed by atoms with Crippen LogP contribution >= 0.6 is 0 Å². The Labute approximate surface area is 116 Å². The van der Waals surface area contributed by atoms with Crippen LogP contribution < -0.4 is 10.6 Å². The van der Waals surface area contributed by atoms with Gasteiger partial charge in [-0.1, -0.05) is 13.8 Å². The molecule has 3 atom stereocenters. The molecule has 19 heavy (non-hydrogen) atoms. The van der Waals surface area contributed by atoms with E-state index >= 15 is 0 Å². The lowest BCUT2D eigenvalue weighted by atomic mass is 9.64. The van der Waals surface area contributed by atoms with Gasteiger partial charge in [-0.2, -0.15) is 0 Å². The van der Waals surface area contributed by atoms with Crippen LogP contribution in [0, 0.1) is 11.3 Å². The Morgan fingerprint density at radius 3 is 2.84 bits per heavy atom. The van der Waals surface area contributed by atoms with E-state index in [-0.39, 0.29) is 17.4 Å². The molecule has 1 heterocycles. The lowest BCUT2D eigenvalue weighted by Gasteiger charge is -2.51. The van der Waals surface area contributed by atoms with E-state index in [9.17, 15) is 4.79 Å². The van der Waals surface area contributed by atoms with Gasteiger partial charge in [0.2, 0.25) is 5.91 Å². The molecule has 4 nitrogen and oxygen atoms in total. The molecule has 4 heteroatoms. The van der Waals surface area contributed by atoms with Gasteiger partial charge in [0.1, 0.15) is 0 Å². The van der Waals surface area contributed by atoms with Crippen molar-refractivity contribution in [3.05, 3.63) is 0 Å². The Kier molecular flexibility index (Phi) is 4.85. The Hall–Kier alpha value is -0.610. The summed E-state index contributed by atoms with van der Waals surface area (Å²) < 4.78 is 5.69. The molecule has 0 bridgehead atoms. The van der Waals surface area contributed by atoms with Crippen molar-refractivity contribution in [3.63, 3.8) is 0 Å². The van der Waals surface area contributed by atoms with E-state index in [4.69, 9.17) is 4.74 Å². The van der Waals surface area contributed by atoms with Gasteiger partial charge in [-0.05, 0) is 45.2 Å². The highest BCUT2D eigenvalue weighted by molar-refractivity contribution is 5.76. The molecule has 110 valence electrons. The summed E-state index contributed by atoms with van der Waals surface area (Å²) in [7, 11) is 0. The second kappa shape index (κ2) is 6.23. The molecular weight excluding hydrogens is 240 g/mol. The molecule has 1 saturated carbocycles. The molecule has 2 N–H and O–H groups in total. The highest BCUT2D eigenvalue weighted by Crippen LogP contribution is 2.42. The maximum Gasteiger partial charge on any atom is 0.220 e. The number of hydrogen-bond acceptors (Lipinski definition) is 3. The first-order chi connectivity index (χ1) is 9.04. The van der Waals surface area contributed by atoms with Crippen LogP contribution in [0.1, 0.15) is 46.5 Å². The van der Waals surface area contributed by atoms with E-state index in [1.165, 1.54) is 6.42 Å². The zero-order valence-electron chi connectivity index (χ0n) is 12.5. The summed E-state index contributed by atoms with van der Waals surface area (Å²) in [6.07, 6.45) is 4.15. The minimum absolute atomic E-state index is 0.0700. The largest absolute Gasteiger partial charge is 0.378 e. The van der Waals surface area contributed by atoms with Crippen LogP contribution in [0.15, 0.2) is 0 Å². The van der Waals surface area contributed by atoms with Crippen LogP contribution in [0.5, 0.6) is 0 Å². The molecule has 1 aliphatic carbocycles. The van der Waals surface area contributed by atoms with Crippen LogP contribution in [0.2, 0.25) is 0 Å². The minimum atomic E-state index is 0.0700. The minimum Gasteiger partial charge on any atom is -0.378 e. The summed E-state index contributed by atoms with van der Waals surface area (Å²) in [4.78, 5) is 12.0. The third-order valence-corrected chi connectivity index (χ3v) is 4.82. The zero-order chi connectivity index (χ0) is 13.9. The molecule has 1 saturated heterocycles. The molecule has 1 amide bonds. The average Bonchev–Trinajstić information content (AvgIpc) is 2.88. The molecule has 0 aromatic carbocycles. The number of carbonyl (C=O) groups excluding carboxylic acids is 1. The predicted octanol–water partition coefficient (Wildman–Crippen LogP) is 1.70. The fraction of sp³-hybridized carbons (Fsp3) is 0.933. The van der Waals surface area contributed by atoms with Crippen molar-refractivity contribution in [2.45, 2.75) is 58.6 Å². The molecule has 0 radical (unpaired) electrons. The number of rotatable bonds is 6. The Morgan fingerprint density at radius 2 is 2.26 bits per heavy atom. The number of carbonyl (C=O) groups is 1. The summed E-state index contributed by atoms with van der Waals surface area (Å²) in [6, 6.07) is 0.276. The van der Waals surface area contributed by atoms with Crippen LogP contribution in [0.4, 0.5) is 0 Å². The zero-order valence-corrected chi connectivity index (χ0v) is 12.5. The highest BCUT2D eigenvalue weighted by atomic mass is 16.5. The number of nitrogens with one attached hydrogen (secondary N) is 2. The average molecular weight is 268 g/mol. The second-order valence-electron chi connectivity index (χ2n) is 6.52. The van der Waals surface area contributed by atoms with E-state index in [1.54, 1.807) is 0 Å². The van der Waals surface area contributed by atoms with Crippen molar-refractivity contribution in [2.75, 3.05) is 19.7 Å². The molecule has 2 fully saturated rings. The Morgan fingerprint density at radius 1 is 1.47 bits per heavy atom. The summed E-state index contributed by atoms with van der Waals surface area (Å²) >= 11 is 0. The van der Waals surface area contributed by atoms with Crippen molar-refractivity contribution in [2.24, 2.45) is 11.3 Å². The van der Waals surface area contributed by atoms with Gasteiger partial charge in [0, 0.05) is 24.5 Å². The van der Waals surface area contributed by atoms with Crippen molar-refractivity contribution in [3.8, 4) is 0 Å². The van der Waals surface area contributed by atoms with Crippen molar-refractivity contribution >= 4 is 5.91 Å². The topological polar surface area (TPSA) is 50.4 Å². The molecule has 2 aliphatic rings. The quantitative estimate of drug-likeness (QED) is 0.771. The molecule has 1 aliphatic heterocycles. The molecular formula is C15H28N2O2. The van der Waals surface area contributed by atoms with Crippen molar-refractivity contribution in [1.82, 2.24) is 10.6 Å². The van der Waals surface area contributed by atoms with Crippen molar-refractivity contribution in [1.29, 1.82) is 0 Å². The van der Waals surface area contributed by atoms with Gasteiger partial charge in [0.15, 0.2) is 0 Å². The molecule has 0 aromatic heterocycles. The smallest absolute Gasteiger partial charge is 0.220 e. The van der Waals surface area contributed by atoms with Gasteiger partial charge < -0.3 is 15.4 Å². The maximum absolute atomic E-state index is 12.0. The van der Waals surface area contributed by atoms with E-state index < -0.39 is 0 Å². The normalized spacial score (nSPS) is 32.9. The van der Waals surface area contributed by atoms with E-state index in [2.05, 4.69) is 24.5 Å². The molecule has 3 unspecified atom stereocenters. The van der Waals surface area contributed by atoms with Crippen molar-refractivity contribution < 1.29 is 9.53 Å². The number of amides is 1. The predicted molar refractivity (Wildman–Crippen MR) is 76.0 cm³/mol. The Balaban J connectivity index is 1.68. The lowest BCUT2D eigenvalue weighted by molar-refractivity contribution is -0.136. The third kappa shape index (κ3) is 3.48. The summed E-state index contributed by atoms with van der Waals surface area (Å²) in [5, 5.41) is 6.52. The number of hydrogen-bond donors (Lipinski definition) is 2. The van der Waals surface area contributed by atoms with Gasteiger partial charge in [-0.3, -0.25) is 4.79 Å². The van der Waals surface area contributed by atoms with Crippen LogP contribution in [-0.2, 0) is 9.53 Å². The van der Waals surface area contributed by atoms with E-state index in [0.717, 1.165) is 32.5 Å². The SMILES string of the molecule is CCOC1CC(NC(=O)CCC2CCNC2)C1(C)C. The Bertz CT molecular complexity index is 311. The highest BCUT2D eigenvalue weighted by Gasteiger charge is 2.49. The second-order valence-corrected chi connectivity index (χ2v) is 6.52. The van der Waals surface area contributed by atoms with Crippen LogP contribution in [-0.4, -0.2) is 37.7 Å². The standard InChI is InChI=1S/C15H28N2O2/c1-4-19-13-9-12(15(13,2)3)17-14(18)6-5-11-7-8-16-10-11/h11-13,16H,4-10H2,1-3H3,(H,17,18). The van der Waals surface area contributed by atoms with Gasteiger partial charge in [0.25, 0.3) is 0 Å². The van der Waals surface area contributed by atoms with Gasteiger partial charge >= 0.3 is 0 Å². The molecule has 0 aromatic rings. The molecule has 2 rings (SSSR count). The van der Waals surface area contributed by atoms with Crippen LogP contribution in [0.3, 0.4) is 0 Å². The van der Waals surface area contributed by atoms with E-state index in [1.807, 2.05) is 6.92 Å². The third-order valence-electron chi connectivity index (χ3n) is 4.82. The first-order valence-electron chi connectivity index (χ1n) is 7.65. The maximum atomic E-state index is 12.0.